The van der Waals surface area contributed by atoms with Gasteiger partial charge in [-0.3, -0.25) is 0 Å². The Morgan fingerprint density at radius 3 is 1.83 bits per heavy atom. The number of benzene rings is 1. The Bertz CT molecular complexity index is 560. The van der Waals surface area contributed by atoms with Crippen LogP contribution in [0.25, 0.3) is 0 Å². The van der Waals surface area contributed by atoms with E-state index >= 15 is 0 Å². The zero-order valence-electron chi connectivity index (χ0n) is 12.6. The van der Waals surface area contributed by atoms with Gasteiger partial charge in [-0.05, 0) is 17.5 Å². The zero-order chi connectivity index (χ0) is 18.2. The molecule has 136 valence electrons. The van der Waals surface area contributed by atoms with E-state index in [-0.39, 0.29) is 17.1 Å². The number of hydrogen-bond donors (Lipinski definition) is 0. The molecule has 1 saturated heterocycles. The number of rotatable bonds is 5. The molecule has 0 radical (unpaired) electrons. The predicted molar refractivity (Wildman–Crippen MR) is 83.0 cm³/mol. The lowest BCUT2D eigenvalue weighted by atomic mass is 9.98. The predicted octanol–water partition coefficient (Wildman–Crippen LogP) is 6.10. The molecule has 0 atom stereocenters. The minimum Gasteiger partial charge on any atom is -0.196 e. The highest BCUT2D eigenvalue weighted by Gasteiger charge is 2.80. The molecule has 1 fully saturated rings. The van der Waals surface area contributed by atoms with Crippen molar-refractivity contribution in [2.45, 2.75) is 41.9 Å². The Morgan fingerprint density at radius 2 is 1.42 bits per heavy atom. The van der Waals surface area contributed by atoms with E-state index in [1.54, 1.807) is 0 Å². The Hall–Kier alpha value is -0.570. The summed E-state index contributed by atoms with van der Waals surface area (Å²) in [6, 6.07) is 5.47. The number of hydrogen-bond acceptors (Lipinski definition) is 2. The van der Waals surface area contributed by atoms with Crippen molar-refractivity contribution in [2.24, 2.45) is 0 Å². The molecule has 0 nitrogen and oxygen atoms in total. The summed E-state index contributed by atoms with van der Waals surface area (Å²) in [7, 11) is 0. The molecular formula is C15H15F7S2. The third-order valence-corrected chi connectivity index (χ3v) is 7.31. The van der Waals surface area contributed by atoms with E-state index in [1.807, 2.05) is 6.92 Å². The summed E-state index contributed by atoms with van der Waals surface area (Å²) < 4.78 is 91.2. The molecule has 0 unspecified atom stereocenters. The van der Waals surface area contributed by atoms with Crippen LogP contribution in [0.3, 0.4) is 0 Å². The van der Waals surface area contributed by atoms with Crippen LogP contribution in [0.5, 0.6) is 0 Å². The Labute approximate surface area is 143 Å². The summed E-state index contributed by atoms with van der Waals surface area (Å²) in [5.74, 6) is -11.3. The van der Waals surface area contributed by atoms with Crippen molar-refractivity contribution in [3.05, 3.63) is 35.4 Å². The van der Waals surface area contributed by atoms with Crippen LogP contribution in [0.15, 0.2) is 24.3 Å². The lowest BCUT2D eigenvalue weighted by Crippen LogP contribution is -2.59. The molecule has 0 amide bonds. The van der Waals surface area contributed by atoms with Crippen LogP contribution in [0.2, 0.25) is 0 Å². The SMILES string of the molecule is CCCc1ccc(C2(C(F)(F)C(F)(F)C(F)(F)F)SCCS2)cc1. The normalized spacial score (nSPS) is 18.8. The van der Waals surface area contributed by atoms with Gasteiger partial charge in [-0.1, -0.05) is 37.6 Å². The summed E-state index contributed by atoms with van der Waals surface area (Å²) in [4.78, 5) is 0. The summed E-state index contributed by atoms with van der Waals surface area (Å²) >= 11 is 0.890. The molecule has 1 aliphatic rings. The van der Waals surface area contributed by atoms with Gasteiger partial charge in [0, 0.05) is 11.5 Å². The van der Waals surface area contributed by atoms with Crippen LogP contribution in [0, 0.1) is 0 Å². The van der Waals surface area contributed by atoms with E-state index in [0.29, 0.717) is 29.9 Å². The van der Waals surface area contributed by atoms with Gasteiger partial charge in [0.05, 0.1) is 0 Å². The van der Waals surface area contributed by atoms with Crippen molar-refractivity contribution in [2.75, 3.05) is 11.5 Å². The molecule has 24 heavy (non-hydrogen) atoms. The Kier molecular flexibility index (Phi) is 5.45. The lowest BCUT2D eigenvalue weighted by molar-refractivity contribution is -0.357. The van der Waals surface area contributed by atoms with Gasteiger partial charge >= 0.3 is 18.0 Å². The van der Waals surface area contributed by atoms with Crippen molar-refractivity contribution in [1.82, 2.24) is 0 Å². The first-order chi connectivity index (χ1) is 11.0. The van der Waals surface area contributed by atoms with Crippen LogP contribution in [0.4, 0.5) is 30.7 Å². The molecule has 0 aliphatic carbocycles. The van der Waals surface area contributed by atoms with Gasteiger partial charge in [-0.15, -0.1) is 23.5 Å². The average molecular weight is 392 g/mol. The standard InChI is InChI=1S/C15H15F7S2/c1-2-3-10-4-6-11(7-5-10)12(23-8-9-24-12)13(16,17)14(18,19)15(20,21)22/h4-7H,2-3,8-9H2,1H3. The Morgan fingerprint density at radius 1 is 0.917 bits per heavy atom. The summed E-state index contributed by atoms with van der Waals surface area (Å²) in [5, 5.41) is 0. The smallest absolute Gasteiger partial charge is 0.196 e. The number of alkyl halides is 7. The first-order valence-corrected chi connectivity index (χ1v) is 9.16. The van der Waals surface area contributed by atoms with Gasteiger partial charge in [0.2, 0.25) is 0 Å². The fourth-order valence-corrected chi connectivity index (χ4v) is 5.81. The molecule has 0 aromatic heterocycles. The van der Waals surface area contributed by atoms with Gasteiger partial charge in [0.15, 0.2) is 4.08 Å². The summed E-state index contributed by atoms with van der Waals surface area (Å²) in [5.41, 5.74) is 0.596. The van der Waals surface area contributed by atoms with Gasteiger partial charge in [-0.2, -0.15) is 30.7 Å². The van der Waals surface area contributed by atoms with Crippen LogP contribution < -0.4 is 0 Å². The van der Waals surface area contributed by atoms with Crippen molar-refractivity contribution >= 4 is 23.5 Å². The molecule has 0 saturated carbocycles. The van der Waals surface area contributed by atoms with Crippen molar-refractivity contribution in [3.8, 4) is 0 Å². The third-order valence-electron chi connectivity index (χ3n) is 3.73. The van der Waals surface area contributed by atoms with E-state index in [4.69, 9.17) is 0 Å². The largest absolute Gasteiger partial charge is 0.459 e. The van der Waals surface area contributed by atoms with E-state index in [1.165, 1.54) is 24.3 Å². The first-order valence-electron chi connectivity index (χ1n) is 7.19. The Balaban J connectivity index is 2.51. The monoisotopic (exact) mass is 392 g/mol. The minimum atomic E-state index is -6.32. The van der Waals surface area contributed by atoms with Crippen molar-refractivity contribution in [3.63, 3.8) is 0 Å². The van der Waals surface area contributed by atoms with E-state index in [9.17, 15) is 30.7 Å². The second-order valence-electron chi connectivity index (χ2n) is 5.41. The van der Waals surface area contributed by atoms with E-state index in [0.717, 1.165) is 12.0 Å². The van der Waals surface area contributed by atoms with Gasteiger partial charge in [0.25, 0.3) is 0 Å². The molecular weight excluding hydrogens is 377 g/mol. The zero-order valence-corrected chi connectivity index (χ0v) is 14.2. The van der Waals surface area contributed by atoms with Gasteiger partial charge in [-0.25, -0.2) is 0 Å². The minimum absolute atomic E-state index is 0.0743. The summed E-state index contributed by atoms with van der Waals surface area (Å²) in [6.07, 6.45) is -4.85. The number of halogens is 7. The first kappa shape index (κ1) is 19.8. The fraction of sp³-hybridized carbons (Fsp3) is 0.600. The highest BCUT2D eigenvalue weighted by atomic mass is 32.2. The molecule has 9 heteroatoms. The number of aryl methyl sites for hydroxylation is 1. The average Bonchev–Trinajstić information content (AvgIpc) is 2.98. The third kappa shape index (κ3) is 3.02. The molecule has 1 heterocycles. The van der Waals surface area contributed by atoms with Crippen LogP contribution in [-0.2, 0) is 10.5 Å². The molecule has 0 N–H and O–H groups in total. The van der Waals surface area contributed by atoms with E-state index in [2.05, 4.69) is 0 Å². The van der Waals surface area contributed by atoms with Crippen LogP contribution in [-0.4, -0.2) is 29.5 Å². The maximum atomic E-state index is 14.5. The maximum Gasteiger partial charge on any atom is 0.459 e. The molecule has 1 aliphatic heterocycles. The van der Waals surface area contributed by atoms with Crippen LogP contribution in [0.1, 0.15) is 24.5 Å². The second-order valence-corrected chi connectivity index (χ2v) is 8.28. The summed E-state index contributed by atoms with van der Waals surface area (Å²) in [6.45, 7) is 1.91. The fourth-order valence-electron chi connectivity index (χ4n) is 2.51. The molecule has 1 aromatic rings. The quantitative estimate of drug-likeness (QED) is 0.555. The highest BCUT2D eigenvalue weighted by Crippen LogP contribution is 2.66. The molecule has 0 bridgehead atoms. The molecule has 0 spiro atoms. The van der Waals surface area contributed by atoms with Gasteiger partial charge in [0.1, 0.15) is 0 Å². The highest BCUT2D eigenvalue weighted by molar-refractivity contribution is 8.20. The lowest BCUT2D eigenvalue weighted by Gasteiger charge is -2.40. The number of thioether (sulfide) groups is 2. The van der Waals surface area contributed by atoms with E-state index < -0.39 is 22.1 Å². The van der Waals surface area contributed by atoms with Crippen molar-refractivity contribution in [1.29, 1.82) is 0 Å². The maximum absolute atomic E-state index is 14.5. The topological polar surface area (TPSA) is 0 Å². The second kappa shape index (κ2) is 6.63. The van der Waals surface area contributed by atoms with Gasteiger partial charge < -0.3 is 0 Å². The molecule has 1 aromatic carbocycles. The van der Waals surface area contributed by atoms with Crippen LogP contribution >= 0.6 is 23.5 Å². The van der Waals surface area contributed by atoms with Crippen molar-refractivity contribution < 1.29 is 30.7 Å². The molecule has 2 rings (SSSR count).